The van der Waals surface area contributed by atoms with Gasteiger partial charge < -0.3 is 10.4 Å². The molecule has 0 aromatic heterocycles. The van der Waals surface area contributed by atoms with Crippen molar-refractivity contribution in [3.63, 3.8) is 0 Å². The third kappa shape index (κ3) is 1.57. The Morgan fingerprint density at radius 1 is 1.67 bits per heavy atom. The summed E-state index contributed by atoms with van der Waals surface area (Å²) in [6.07, 6.45) is 0.296. The second-order valence-electron chi connectivity index (χ2n) is 3.86. The highest BCUT2D eigenvalue weighted by atomic mass is 16.4. The van der Waals surface area contributed by atoms with Gasteiger partial charge in [0, 0.05) is 13.0 Å². The van der Waals surface area contributed by atoms with Crippen LogP contribution < -0.4 is 5.32 Å². The van der Waals surface area contributed by atoms with E-state index in [9.17, 15) is 9.59 Å². The highest BCUT2D eigenvalue weighted by Gasteiger charge is 2.40. The fourth-order valence-corrected chi connectivity index (χ4v) is 1.51. The van der Waals surface area contributed by atoms with Crippen LogP contribution in [0.2, 0.25) is 0 Å². The zero-order valence-corrected chi connectivity index (χ0v) is 7.26. The molecule has 1 unspecified atom stereocenters. The highest BCUT2D eigenvalue weighted by Crippen LogP contribution is 2.33. The van der Waals surface area contributed by atoms with E-state index >= 15 is 0 Å². The van der Waals surface area contributed by atoms with Crippen molar-refractivity contribution >= 4 is 11.9 Å². The maximum absolute atomic E-state index is 10.9. The second-order valence-corrected chi connectivity index (χ2v) is 3.86. The van der Waals surface area contributed by atoms with E-state index < -0.39 is 17.3 Å². The van der Waals surface area contributed by atoms with Crippen LogP contribution in [0.15, 0.2) is 0 Å². The van der Waals surface area contributed by atoms with E-state index in [4.69, 9.17) is 5.11 Å². The van der Waals surface area contributed by atoms with E-state index in [-0.39, 0.29) is 12.5 Å². The Hall–Kier alpha value is -1.06. The number of rotatable bonds is 1. The molecular weight excluding hydrogens is 158 g/mol. The molecule has 0 spiro atoms. The number of hydrogen-bond acceptors (Lipinski definition) is 2. The zero-order valence-electron chi connectivity index (χ0n) is 7.26. The molecule has 0 aromatic rings. The van der Waals surface area contributed by atoms with Crippen LogP contribution in [0.1, 0.15) is 20.3 Å². The van der Waals surface area contributed by atoms with Gasteiger partial charge in [0.2, 0.25) is 5.91 Å². The summed E-state index contributed by atoms with van der Waals surface area (Å²) >= 11 is 0. The lowest BCUT2D eigenvalue weighted by Gasteiger charge is -2.35. The van der Waals surface area contributed by atoms with Gasteiger partial charge in [0.15, 0.2) is 0 Å². The van der Waals surface area contributed by atoms with Crippen molar-refractivity contribution < 1.29 is 14.7 Å². The molecule has 1 aliphatic rings. The van der Waals surface area contributed by atoms with Crippen molar-refractivity contribution in [1.82, 2.24) is 5.32 Å². The summed E-state index contributed by atoms with van der Waals surface area (Å²) < 4.78 is 0. The summed E-state index contributed by atoms with van der Waals surface area (Å²) in [4.78, 5) is 21.7. The number of carboxylic acids is 1. The standard InChI is InChI=1S/C8H13NO3/c1-8(2)3-6(10)9-4-5(8)7(11)12/h5H,3-4H2,1-2H3,(H,9,10)(H,11,12). The molecule has 1 atom stereocenters. The molecule has 68 valence electrons. The van der Waals surface area contributed by atoms with E-state index in [1.807, 2.05) is 13.8 Å². The van der Waals surface area contributed by atoms with E-state index in [0.29, 0.717) is 6.42 Å². The average molecular weight is 171 g/mol. The van der Waals surface area contributed by atoms with Gasteiger partial charge in [-0.25, -0.2) is 0 Å². The molecule has 2 N–H and O–H groups in total. The number of carbonyl (C=O) groups excluding carboxylic acids is 1. The fraction of sp³-hybridized carbons (Fsp3) is 0.750. The Morgan fingerprint density at radius 2 is 2.25 bits per heavy atom. The van der Waals surface area contributed by atoms with Crippen LogP contribution in [0.5, 0.6) is 0 Å². The number of carboxylic acid groups (broad SMARTS) is 1. The Bertz CT molecular complexity index is 222. The first-order valence-corrected chi connectivity index (χ1v) is 3.93. The second kappa shape index (κ2) is 2.77. The minimum absolute atomic E-state index is 0.0579. The monoisotopic (exact) mass is 171 g/mol. The van der Waals surface area contributed by atoms with Crippen molar-refractivity contribution in [2.24, 2.45) is 11.3 Å². The van der Waals surface area contributed by atoms with Gasteiger partial charge in [-0.05, 0) is 5.41 Å². The average Bonchev–Trinajstić information content (AvgIpc) is 1.82. The summed E-state index contributed by atoms with van der Waals surface area (Å²) in [5.74, 6) is -1.35. The highest BCUT2D eigenvalue weighted by molar-refractivity contribution is 5.81. The van der Waals surface area contributed by atoms with Crippen LogP contribution in [0.25, 0.3) is 0 Å². The molecule has 1 amide bonds. The summed E-state index contributed by atoms with van der Waals surface area (Å²) in [5, 5.41) is 11.4. The summed E-state index contributed by atoms with van der Waals surface area (Å²) in [7, 11) is 0. The lowest BCUT2D eigenvalue weighted by atomic mass is 9.74. The van der Waals surface area contributed by atoms with Crippen molar-refractivity contribution in [3.8, 4) is 0 Å². The van der Waals surface area contributed by atoms with Gasteiger partial charge in [-0.15, -0.1) is 0 Å². The normalized spacial score (nSPS) is 27.8. The Balaban J connectivity index is 2.77. The molecule has 1 aliphatic heterocycles. The van der Waals surface area contributed by atoms with Gasteiger partial charge in [-0.2, -0.15) is 0 Å². The molecule has 0 aliphatic carbocycles. The lowest BCUT2D eigenvalue weighted by molar-refractivity contribution is -0.148. The maximum Gasteiger partial charge on any atom is 0.308 e. The Labute approximate surface area is 71.0 Å². The van der Waals surface area contributed by atoms with E-state index in [1.54, 1.807) is 0 Å². The number of aliphatic carboxylic acids is 1. The molecule has 12 heavy (non-hydrogen) atoms. The molecule has 4 heteroatoms. The van der Waals surface area contributed by atoms with Gasteiger partial charge in [0.1, 0.15) is 0 Å². The predicted octanol–water partition coefficient (Wildman–Crippen LogP) is 0.233. The minimum atomic E-state index is -0.833. The lowest BCUT2D eigenvalue weighted by Crippen LogP contribution is -2.48. The van der Waals surface area contributed by atoms with Crippen molar-refractivity contribution in [2.45, 2.75) is 20.3 Å². The van der Waals surface area contributed by atoms with E-state index in [0.717, 1.165) is 0 Å². The largest absolute Gasteiger partial charge is 0.481 e. The molecule has 1 fully saturated rings. The maximum atomic E-state index is 10.9. The quantitative estimate of drug-likeness (QED) is 0.593. The van der Waals surface area contributed by atoms with Crippen molar-refractivity contribution in [3.05, 3.63) is 0 Å². The number of amides is 1. The topological polar surface area (TPSA) is 66.4 Å². The van der Waals surface area contributed by atoms with Crippen molar-refractivity contribution in [2.75, 3.05) is 6.54 Å². The fourth-order valence-electron chi connectivity index (χ4n) is 1.51. The summed E-state index contributed by atoms with van der Waals surface area (Å²) in [5.41, 5.74) is -0.422. The third-order valence-electron chi connectivity index (χ3n) is 2.36. The number of piperidine rings is 1. The van der Waals surface area contributed by atoms with Crippen molar-refractivity contribution in [1.29, 1.82) is 0 Å². The van der Waals surface area contributed by atoms with Gasteiger partial charge in [0.05, 0.1) is 5.92 Å². The Kier molecular flexibility index (Phi) is 2.08. The molecule has 1 saturated heterocycles. The Morgan fingerprint density at radius 3 is 2.67 bits per heavy atom. The molecule has 1 heterocycles. The minimum Gasteiger partial charge on any atom is -0.481 e. The third-order valence-corrected chi connectivity index (χ3v) is 2.36. The van der Waals surface area contributed by atoms with Crippen LogP contribution in [-0.2, 0) is 9.59 Å². The van der Waals surface area contributed by atoms with Gasteiger partial charge in [-0.1, -0.05) is 13.8 Å². The number of carbonyl (C=O) groups is 2. The van der Waals surface area contributed by atoms with E-state index in [2.05, 4.69) is 5.32 Å². The first-order valence-electron chi connectivity index (χ1n) is 3.93. The van der Waals surface area contributed by atoms with Gasteiger partial charge >= 0.3 is 5.97 Å². The molecule has 0 bridgehead atoms. The summed E-state index contributed by atoms with van der Waals surface area (Å²) in [6, 6.07) is 0. The molecule has 0 radical (unpaired) electrons. The van der Waals surface area contributed by atoms with Crippen LogP contribution in [0.4, 0.5) is 0 Å². The smallest absolute Gasteiger partial charge is 0.308 e. The van der Waals surface area contributed by atoms with Crippen LogP contribution in [0, 0.1) is 11.3 Å². The first-order chi connectivity index (χ1) is 5.43. The van der Waals surface area contributed by atoms with Crippen LogP contribution in [-0.4, -0.2) is 23.5 Å². The van der Waals surface area contributed by atoms with Crippen LogP contribution >= 0.6 is 0 Å². The predicted molar refractivity (Wildman–Crippen MR) is 42.5 cm³/mol. The van der Waals surface area contributed by atoms with E-state index in [1.165, 1.54) is 0 Å². The summed E-state index contributed by atoms with van der Waals surface area (Å²) in [6.45, 7) is 3.87. The molecular formula is C8H13NO3. The van der Waals surface area contributed by atoms with Crippen LogP contribution in [0.3, 0.4) is 0 Å². The first kappa shape index (κ1) is 9.03. The molecule has 4 nitrogen and oxygen atoms in total. The molecule has 1 rings (SSSR count). The number of nitrogens with one attached hydrogen (secondary N) is 1. The van der Waals surface area contributed by atoms with Gasteiger partial charge in [0.25, 0.3) is 0 Å². The number of hydrogen-bond donors (Lipinski definition) is 2. The zero-order chi connectivity index (χ0) is 9.35. The molecule has 0 saturated carbocycles. The SMILES string of the molecule is CC1(C)CC(=O)NCC1C(=O)O. The van der Waals surface area contributed by atoms with Gasteiger partial charge in [-0.3, -0.25) is 9.59 Å². The molecule has 0 aromatic carbocycles.